The van der Waals surface area contributed by atoms with Crippen molar-refractivity contribution in [3.63, 3.8) is 0 Å². The second kappa shape index (κ2) is 10.5. The smallest absolute Gasteiger partial charge is 0.251 e. The van der Waals surface area contributed by atoms with E-state index < -0.39 is 12.1 Å². The van der Waals surface area contributed by atoms with E-state index in [0.717, 1.165) is 46.0 Å². The average Bonchev–Trinajstić information content (AvgIpc) is 3.48. The second-order valence-corrected chi connectivity index (χ2v) is 11.1. The molecule has 2 aromatic heterocycles. The number of hydrogen-bond acceptors (Lipinski definition) is 7. The first kappa shape index (κ1) is 23.9. The lowest BCUT2D eigenvalue weighted by molar-refractivity contribution is -0.133. The molecule has 0 radical (unpaired) electrons. The minimum Gasteiger partial charge on any atom is -0.367 e. The van der Waals surface area contributed by atoms with Gasteiger partial charge in [0.05, 0.1) is 12.5 Å². The summed E-state index contributed by atoms with van der Waals surface area (Å²) in [7, 11) is 0. The van der Waals surface area contributed by atoms with E-state index in [0.29, 0.717) is 32.5 Å². The van der Waals surface area contributed by atoms with Gasteiger partial charge in [0.2, 0.25) is 5.91 Å². The molecule has 182 valence electrons. The van der Waals surface area contributed by atoms with Gasteiger partial charge in [0.25, 0.3) is 5.91 Å². The van der Waals surface area contributed by atoms with Gasteiger partial charge in [-0.25, -0.2) is 0 Å². The monoisotopic (exact) mass is 508 g/mol. The normalized spacial score (nSPS) is 19.1. The number of nitriles is 1. The lowest BCUT2D eigenvalue weighted by atomic mass is 10.1. The van der Waals surface area contributed by atoms with E-state index in [2.05, 4.69) is 47.0 Å². The predicted molar refractivity (Wildman–Crippen MR) is 140 cm³/mol. The summed E-state index contributed by atoms with van der Waals surface area (Å²) in [6.07, 6.45) is 2.34. The topological polar surface area (TPSA) is 94.5 Å². The molecule has 1 saturated heterocycles. The number of rotatable bonds is 6. The Kier molecular flexibility index (Phi) is 7.16. The molecule has 0 spiro atoms. The van der Waals surface area contributed by atoms with Gasteiger partial charge in [0, 0.05) is 51.0 Å². The zero-order chi connectivity index (χ0) is 24.4. The van der Waals surface area contributed by atoms with Crippen LogP contribution in [0.2, 0.25) is 0 Å². The number of carbonyl (C=O) groups excluding carboxylic acids is 2. The first-order chi connectivity index (χ1) is 17.1. The molecule has 2 amide bonds. The fourth-order valence-corrected chi connectivity index (χ4v) is 7.08. The Labute approximate surface area is 212 Å². The molecule has 2 aliphatic rings. The number of amides is 2. The zero-order valence-electron chi connectivity index (χ0n) is 19.6. The van der Waals surface area contributed by atoms with E-state index in [9.17, 15) is 14.9 Å². The molecule has 9 heteroatoms. The van der Waals surface area contributed by atoms with Gasteiger partial charge in [-0.1, -0.05) is 12.1 Å². The highest BCUT2D eigenvalue weighted by Crippen LogP contribution is 2.41. The van der Waals surface area contributed by atoms with Crippen molar-refractivity contribution in [3.05, 3.63) is 40.8 Å². The van der Waals surface area contributed by atoms with Crippen molar-refractivity contribution in [3.8, 4) is 16.5 Å². The van der Waals surface area contributed by atoms with Crippen LogP contribution in [0, 0.1) is 11.3 Å². The van der Waals surface area contributed by atoms with Crippen LogP contribution < -0.4 is 15.5 Å². The highest BCUT2D eigenvalue weighted by Gasteiger charge is 2.27. The van der Waals surface area contributed by atoms with Crippen LogP contribution >= 0.6 is 22.7 Å². The molecule has 7 nitrogen and oxygen atoms in total. The summed E-state index contributed by atoms with van der Waals surface area (Å²) >= 11 is 3.37. The van der Waals surface area contributed by atoms with Gasteiger partial charge in [-0.3, -0.25) is 9.59 Å². The molecule has 2 N–H and O–H groups in total. The van der Waals surface area contributed by atoms with Crippen molar-refractivity contribution >= 4 is 49.6 Å². The summed E-state index contributed by atoms with van der Waals surface area (Å²) in [5.74, 6) is -0.0734. The van der Waals surface area contributed by atoms with Gasteiger partial charge in [-0.2, -0.15) is 5.26 Å². The number of nitrogens with one attached hydrogen (secondary N) is 2. The van der Waals surface area contributed by atoms with Gasteiger partial charge < -0.3 is 20.3 Å². The van der Waals surface area contributed by atoms with Gasteiger partial charge in [-0.15, -0.1) is 22.7 Å². The Morgan fingerprint density at radius 2 is 2.14 bits per heavy atom. The van der Waals surface area contributed by atoms with E-state index in [4.69, 9.17) is 4.74 Å². The summed E-state index contributed by atoms with van der Waals surface area (Å²) in [6.45, 7) is 4.59. The average molecular weight is 509 g/mol. The summed E-state index contributed by atoms with van der Waals surface area (Å²) in [6, 6.07) is 12.2. The van der Waals surface area contributed by atoms with Crippen LogP contribution in [0.25, 0.3) is 19.8 Å². The fraction of sp³-hybridized carbons (Fsp3) is 0.423. The van der Waals surface area contributed by atoms with Gasteiger partial charge in [0.15, 0.2) is 0 Å². The summed E-state index contributed by atoms with van der Waals surface area (Å²) < 4.78 is 8.01. The predicted octanol–water partition coefficient (Wildman–Crippen LogP) is 3.86. The first-order valence-corrected chi connectivity index (χ1v) is 13.7. The number of anilines is 1. The maximum Gasteiger partial charge on any atom is 0.251 e. The third kappa shape index (κ3) is 5.11. The molecule has 5 rings (SSSR count). The molecule has 0 saturated carbocycles. The lowest BCUT2D eigenvalue weighted by Gasteiger charge is -2.22. The van der Waals surface area contributed by atoms with Crippen LogP contribution in [0.1, 0.15) is 30.2 Å². The Morgan fingerprint density at radius 3 is 2.94 bits per heavy atom. The van der Waals surface area contributed by atoms with E-state index in [1.54, 1.807) is 22.7 Å². The number of carbonyl (C=O) groups is 2. The lowest BCUT2D eigenvalue weighted by Crippen LogP contribution is -2.47. The molecular weight excluding hydrogens is 480 g/mol. The number of hydrogen-bond donors (Lipinski definition) is 2. The molecule has 2 atom stereocenters. The number of thiophene rings is 2. The third-order valence-corrected chi connectivity index (χ3v) is 8.81. The Hall–Kier alpha value is -2.77. The maximum atomic E-state index is 12.6. The summed E-state index contributed by atoms with van der Waals surface area (Å²) in [4.78, 5) is 28.9. The maximum absolute atomic E-state index is 12.6. The molecule has 3 aromatic rings. The largest absolute Gasteiger partial charge is 0.367 e. The standard InChI is InChI=1S/C26H28N4O3S2/c1-2-30-20-9-17(6-5-16(20)10-25(30)31)22-13-24-23(35-22)12-19(34-24)11-18(14-27)29-26(32)21-15-28-7-3-4-8-33-21/h5-6,9,12-13,18,21,28H,2-4,7-8,10-11,15H2,1H3,(H,29,32)/t18-,21+/m1/s1. The molecule has 0 unspecified atom stereocenters. The van der Waals surface area contributed by atoms with Crippen molar-refractivity contribution in [1.82, 2.24) is 10.6 Å². The Bertz CT molecular complexity index is 1250. The van der Waals surface area contributed by atoms with Crippen molar-refractivity contribution < 1.29 is 14.3 Å². The van der Waals surface area contributed by atoms with Crippen LogP contribution in [0.5, 0.6) is 0 Å². The van der Waals surface area contributed by atoms with Crippen LogP contribution in [0.3, 0.4) is 0 Å². The van der Waals surface area contributed by atoms with E-state index in [1.807, 2.05) is 11.8 Å². The van der Waals surface area contributed by atoms with Gasteiger partial charge >= 0.3 is 0 Å². The van der Waals surface area contributed by atoms with E-state index >= 15 is 0 Å². The quantitative estimate of drug-likeness (QED) is 0.527. The van der Waals surface area contributed by atoms with E-state index in [-0.39, 0.29) is 11.8 Å². The first-order valence-electron chi connectivity index (χ1n) is 12.0. The number of nitrogens with zero attached hydrogens (tertiary/aromatic N) is 2. The Morgan fingerprint density at radius 1 is 1.29 bits per heavy atom. The van der Waals surface area contributed by atoms with Crippen molar-refractivity contribution in [2.75, 3.05) is 31.1 Å². The van der Waals surface area contributed by atoms with Crippen LogP contribution in [-0.2, 0) is 27.2 Å². The molecule has 2 aliphatic heterocycles. The highest BCUT2D eigenvalue weighted by atomic mass is 32.1. The molecule has 0 bridgehead atoms. The minimum absolute atomic E-state index is 0.160. The second-order valence-electron chi connectivity index (χ2n) is 8.88. The molecule has 1 aromatic carbocycles. The Balaban J connectivity index is 1.27. The third-order valence-electron chi connectivity index (χ3n) is 6.44. The van der Waals surface area contributed by atoms with Crippen LogP contribution in [0.4, 0.5) is 5.69 Å². The fourth-order valence-electron chi connectivity index (χ4n) is 4.62. The van der Waals surface area contributed by atoms with Crippen molar-refractivity contribution in [2.24, 2.45) is 0 Å². The van der Waals surface area contributed by atoms with Crippen molar-refractivity contribution in [2.45, 2.75) is 44.8 Å². The molecule has 0 aliphatic carbocycles. The van der Waals surface area contributed by atoms with Crippen LogP contribution in [0.15, 0.2) is 30.3 Å². The highest BCUT2D eigenvalue weighted by molar-refractivity contribution is 7.29. The number of ether oxygens (including phenoxy) is 1. The molecule has 1 fully saturated rings. The number of likely N-dealkylation sites (N-methyl/N-ethyl adjacent to an activating group) is 1. The van der Waals surface area contributed by atoms with Crippen LogP contribution in [-0.4, -0.2) is 50.2 Å². The SMILES string of the molecule is CCN1C(=O)Cc2ccc(-c3cc4sc(C[C@H](C#N)NC(=O)[C@@H]5CNCCCCO5)cc4s3)cc21. The molecule has 35 heavy (non-hydrogen) atoms. The minimum atomic E-state index is -0.599. The van der Waals surface area contributed by atoms with Gasteiger partial charge in [-0.05, 0) is 55.6 Å². The van der Waals surface area contributed by atoms with Gasteiger partial charge in [0.1, 0.15) is 12.1 Å². The molecular formula is C26H28N4O3S2. The molecule has 4 heterocycles. The summed E-state index contributed by atoms with van der Waals surface area (Å²) in [5.41, 5.74) is 3.22. The zero-order valence-corrected chi connectivity index (χ0v) is 21.3. The number of benzene rings is 1. The van der Waals surface area contributed by atoms with Crippen molar-refractivity contribution in [1.29, 1.82) is 5.26 Å². The van der Waals surface area contributed by atoms with E-state index in [1.165, 1.54) is 9.40 Å². The number of fused-ring (bicyclic) bond motifs is 2. The summed E-state index contributed by atoms with van der Waals surface area (Å²) in [5, 5.41) is 15.7.